The first-order valence-corrected chi connectivity index (χ1v) is 9.51. The monoisotopic (exact) mass is 393 g/mol. The minimum absolute atomic E-state index is 0.0534. The first-order valence-electron chi connectivity index (χ1n) is 9.51. The number of benzene rings is 1. The van der Waals surface area contributed by atoms with Gasteiger partial charge in [-0.1, -0.05) is 18.1 Å². The van der Waals surface area contributed by atoms with Crippen molar-refractivity contribution in [2.45, 2.75) is 26.2 Å². The van der Waals surface area contributed by atoms with E-state index in [0.717, 1.165) is 47.2 Å². The van der Waals surface area contributed by atoms with Crippen LogP contribution in [-0.2, 0) is 17.6 Å². The Morgan fingerprint density at radius 1 is 1.45 bits per heavy atom. The maximum atomic E-state index is 11.7. The van der Waals surface area contributed by atoms with Gasteiger partial charge in [-0.25, -0.2) is 0 Å². The summed E-state index contributed by atoms with van der Waals surface area (Å²) in [5.41, 5.74) is 14.3. The Hall–Kier alpha value is -3.29. The Balaban J connectivity index is 1.65. The summed E-state index contributed by atoms with van der Waals surface area (Å²) >= 11 is 0. The third kappa shape index (κ3) is 3.46. The summed E-state index contributed by atoms with van der Waals surface area (Å²) in [7, 11) is 1.64. The van der Waals surface area contributed by atoms with Crippen LogP contribution in [0.25, 0.3) is 32.7 Å². The van der Waals surface area contributed by atoms with Gasteiger partial charge in [0.1, 0.15) is 12.3 Å². The maximum absolute atomic E-state index is 11.7. The van der Waals surface area contributed by atoms with Crippen molar-refractivity contribution in [1.29, 1.82) is 0 Å². The number of aliphatic hydroxyl groups is 1. The smallest absolute Gasteiger partial charge is 0.252 e. The van der Waals surface area contributed by atoms with Crippen LogP contribution in [0.15, 0.2) is 29.4 Å². The van der Waals surface area contributed by atoms with Crippen LogP contribution < -0.4 is 4.90 Å². The van der Waals surface area contributed by atoms with Gasteiger partial charge in [0.2, 0.25) is 0 Å². The van der Waals surface area contributed by atoms with Gasteiger partial charge in [-0.2, -0.15) is 5.10 Å². The second-order valence-electron chi connectivity index (χ2n) is 7.97. The Bertz CT molecular complexity index is 1130. The topological polar surface area (TPSA) is 134 Å². The number of amides is 1. The lowest BCUT2D eigenvalue weighted by Gasteiger charge is -2.31. The molecule has 0 saturated heterocycles. The second kappa shape index (κ2) is 7.27. The highest BCUT2D eigenvalue weighted by Crippen LogP contribution is 2.39. The van der Waals surface area contributed by atoms with E-state index in [1.807, 2.05) is 18.2 Å². The van der Waals surface area contributed by atoms with Crippen molar-refractivity contribution in [3.05, 3.63) is 46.0 Å². The van der Waals surface area contributed by atoms with E-state index < -0.39 is 6.61 Å². The summed E-state index contributed by atoms with van der Waals surface area (Å²) in [6, 6.07) is 7.75. The first-order chi connectivity index (χ1) is 13.9. The molecule has 3 aromatic rings. The van der Waals surface area contributed by atoms with Gasteiger partial charge >= 0.3 is 0 Å². The highest BCUT2D eigenvalue weighted by Gasteiger charge is 2.32. The van der Waals surface area contributed by atoms with Gasteiger partial charge in [-0.05, 0) is 48.4 Å². The number of aromatic amines is 2. The summed E-state index contributed by atoms with van der Waals surface area (Å²) in [6.07, 6.45) is 2.60. The summed E-state index contributed by atoms with van der Waals surface area (Å²) < 4.78 is 0. The number of hydrogen-bond acceptors (Lipinski definition) is 4. The summed E-state index contributed by atoms with van der Waals surface area (Å²) in [5.74, 6) is -0.360. The van der Waals surface area contributed by atoms with Crippen molar-refractivity contribution in [1.82, 2.24) is 15.2 Å². The normalized spacial score (nSPS) is 18.3. The molecular formula is C20H23N7O2. The summed E-state index contributed by atoms with van der Waals surface area (Å²) in [4.78, 5) is 19.5. The second-order valence-corrected chi connectivity index (χ2v) is 7.97. The number of azide groups is 1. The van der Waals surface area contributed by atoms with E-state index >= 15 is 0 Å². The van der Waals surface area contributed by atoms with Crippen LogP contribution in [0.3, 0.4) is 0 Å². The summed E-state index contributed by atoms with van der Waals surface area (Å²) in [6.45, 7) is 2.09. The quantitative estimate of drug-likeness (QED) is 0.349. The Morgan fingerprint density at radius 3 is 3.03 bits per heavy atom. The molecule has 1 unspecified atom stereocenters. The van der Waals surface area contributed by atoms with Gasteiger partial charge in [0.15, 0.2) is 0 Å². The number of carbonyl (C=O) groups is 1. The van der Waals surface area contributed by atoms with E-state index in [-0.39, 0.29) is 11.3 Å². The molecule has 1 aliphatic rings. The minimum atomic E-state index is -0.525. The minimum Gasteiger partial charge on any atom is -0.387 e. The molecular weight excluding hydrogens is 370 g/mol. The van der Waals surface area contributed by atoms with Crippen LogP contribution in [0.4, 0.5) is 5.69 Å². The lowest BCUT2D eigenvalue weighted by Crippen LogP contribution is -2.28. The Labute approximate surface area is 167 Å². The van der Waals surface area contributed by atoms with Gasteiger partial charge in [0, 0.05) is 46.4 Å². The molecule has 1 amide bonds. The summed E-state index contributed by atoms with van der Waals surface area (Å²) in [5, 5.41) is 21.6. The van der Waals surface area contributed by atoms with Gasteiger partial charge in [0.25, 0.3) is 5.91 Å². The highest BCUT2D eigenvalue weighted by atomic mass is 16.3. The number of likely N-dealkylation sites (N-methyl/N-ethyl adjacent to an activating group) is 1. The maximum Gasteiger partial charge on any atom is 0.252 e. The number of rotatable bonds is 5. The van der Waals surface area contributed by atoms with Crippen LogP contribution in [0.5, 0.6) is 0 Å². The van der Waals surface area contributed by atoms with Crippen molar-refractivity contribution < 1.29 is 9.90 Å². The molecule has 3 N–H and O–H groups in total. The molecule has 0 spiro atoms. The van der Waals surface area contributed by atoms with Gasteiger partial charge in [-0.3, -0.25) is 9.89 Å². The van der Waals surface area contributed by atoms with Gasteiger partial charge in [-0.15, -0.1) is 0 Å². The molecule has 150 valence electrons. The Kier molecular flexibility index (Phi) is 4.77. The average molecular weight is 393 g/mol. The van der Waals surface area contributed by atoms with E-state index in [2.05, 4.69) is 38.2 Å². The average Bonchev–Trinajstić information content (AvgIpc) is 3.33. The van der Waals surface area contributed by atoms with Crippen molar-refractivity contribution in [2.24, 2.45) is 10.5 Å². The third-order valence-corrected chi connectivity index (χ3v) is 5.81. The highest BCUT2D eigenvalue weighted by molar-refractivity contribution is 5.96. The predicted molar refractivity (Wildman–Crippen MR) is 111 cm³/mol. The molecule has 2 heterocycles. The van der Waals surface area contributed by atoms with E-state index in [0.29, 0.717) is 12.2 Å². The van der Waals surface area contributed by atoms with E-state index in [9.17, 15) is 4.79 Å². The number of aliphatic hydroxyl groups excluding tert-OH is 1. The fraction of sp³-hybridized carbons (Fsp3) is 0.400. The molecule has 1 aromatic carbocycles. The number of aromatic nitrogens is 3. The lowest BCUT2D eigenvalue weighted by atomic mass is 9.74. The molecule has 4 rings (SSSR count). The molecule has 1 atom stereocenters. The van der Waals surface area contributed by atoms with Crippen LogP contribution >= 0.6 is 0 Å². The third-order valence-electron chi connectivity index (χ3n) is 5.81. The zero-order valence-corrected chi connectivity index (χ0v) is 16.4. The molecule has 2 aromatic heterocycles. The van der Waals surface area contributed by atoms with Crippen molar-refractivity contribution in [3.63, 3.8) is 0 Å². The number of H-pyrrole nitrogens is 2. The number of nitrogens with one attached hydrogen (secondary N) is 2. The molecule has 29 heavy (non-hydrogen) atoms. The van der Waals surface area contributed by atoms with Gasteiger partial charge < -0.3 is 15.0 Å². The number of hydrogen-bond donors (Lipinski definition) is 3. The van der Waals surface area contributed by atoms with Crippen LogP contribution in [0, 0.1) is 5.41 Å². The largest absolute Gasteiger partial charge is 0.387 e. The fourth-order valence-corrected chi connectivity index (χ4v) is 4.02. The van der Waals surface area contributed by atoms with E-state index in [1.54, 1.807) is 7.05 Å². The molecule has 0 bridgehead atoms. The lowest BCUT2D eigenvalue weighted by molar-refractivity contribution is -0.120. The fourth-order valence-electron chi connectivity index (χ4n) is 4.02. The molecule has 1 aliphatic carbocycles. The molecule has 9 nitrogen and oxygen atoms in total. The molecule has 0 aliphatic heterocycles. The Morgan fingerprint density at radius 2 is 2.28 bits per heavy atom. The molecule has 0 radical (unpaired) electrons. The predicted octanol–water partition coefficient (Wildman–Crippen LogP) is 3.32. The van der Waals surface area contributed by atoms with E-state index in [4.69, 9.17) is 10.6 Å². The SMILES string of the molecule is CN(C(=O)CO)c1ccc2cc(-c3n[nH]c4c3CCC(C)(CN=[N+]=[N-])C4)[nH]c2c1. The number of anilines is 1. The van der Waals surface area contributed by atoms with Crippen LogP contribution in [-0.4, -0.2) is 46.4 Å². The van der Waals surface area contributed by atoms with E-state index in [1.165, 1.54) is 10.5 Å². The van der Waals surface area contributed by atoms with Crippen molar-refractivity contribution in [2.75, 3.05) is 25.1 Å². The number of carbonyl (C=O) groups excluding carboxylic acids is 1. The van der Waals surface area contributed by atoms with Crippen LogP contribution in [0.2, 0.25) is 0 Å². The van der Waals surface area contributed by atoms with Crippen LogP contribution in [0.1, 0.15) is 24.6 Å². The number of nitrogens with zero attached hydrogens (tertiary/aromatic N) is 5. The molecule has 0 saturated carbocycles. The van der Waals surface area contributed by atoms with Gasteiger partial charge in [0.05, 0.1) is 5.69 Å². The molecule has 9 heteroatoms. The zero-order chi connectivity index (χ0) is 20.6. The molecule has 0 fully saturated rings. The standard InChI is InChI=1S/C20H23N7O2/c1-20(11-22-26-21)6-5-14-17(9-20)24-25-19(14)16-7-12-3-4-13(8-15(12)23-16)27(2)18(29)10-28/h3-4,7-8,23,28H,5-6,9-11H2,1-2H3,(H,24,25). The number of fused-ring (bicyclic) bond motifs is 2. The first kappa shape index (κ1) is 19.0. The van der Waals surface area contributed by atoms with Crippen molar-refractivity contribution in [3.8, 4) is 11.4 Å². The van der Waals surface area contributed by atoms with Crippen molar-refractivity contribution >= 4 is 22.5 Å². The zero-order valence-electron chi connectivity index (χ0n) is 16.4.